The summed E-state index contributed by atoms with van der Waals surface area (Å²) in [6, 6.07) is -24.2. The maximum absolute atomic E-state index is 15.1. The average molecular weight is 1730 g/mol. The Morgan fingerprint density at radius 1 is 0.500 bits per heavy atom. The monoisotopic (exact) mass is 1730 g/mol. The predicted molar refractivity (Wildman–Crippen MR) is 425 cm³/mol. The Morgan fingerprint density at radius 2 is 0.915 bits per heavy atom. The molecule has 648 valence electrons. The van der Waals surface area contributed by atoms with Gasteiger partial charge in [0, 0.05) is 104 Å². The maximum Gasteiger partial charge on any atom is 0.303 e. The molecular weight excluding hydrogens is 1630 g/mol. The number of aromatic nitrogens is 6. The van der Waals surface area contributed by atoms with Crippen LogP contribution in [0.3, 0.4) is 0 Å². The first-order valence-electron chi connectivity index (χ1n) is 38.2. The number of H-pyrrole nitrogens is 3. The van der Waals surface area contributed by atoms with E-state index in [2.05, 4.69) is 99.0 Å². The standard InChI is InChI=1S/C70H103N23O21S4/c1-6-34(4)55-68(112)82-40(12-14-54(98)99)59(103)85-43(19-37-23-74-31-77-37)69(113)93-16-8-10-51(93)67(111)81-39(11-13-53(96)97)58(102)83-41(17-33(2)3)60(104)88-46(56(72)100)26-115-117-29-49-65(109)87-45(25-94)62(106)86-44(20-38-24-75-32-78-38)70(114)92-15-7-9-50(92)66(110)79-35(5)57(101)89-48(28-118-116-27-47(63(107)90-49)80-52(95)21-71)64(108)84-42(61(105)91-55)18-36-22-73-30-76-36/h22-24,30-35,39-51,55,94H,6-21,25-29,71H2,1-5H3,(H2,72,100)(H,73,76)(H,74,77)(H,75,78)(H,79,110)(H,80,95)(H,81,111)(H,82,112)(H,83,102)(H,84,108)(H,85,103)(H,86,106)(H,87,109)(H,88,104)(H,89,101)(H,90,107)(H,91,105)(H,96,97)(H,98,99)/t34-,35-,39-,40-,41-,42-,43-,44-,45-,46-,47-,48-,49-,50-,51-,55-/m0/s1. The third kappa shape index (κ3) is 28.6. The highest BCUT2D eigenvalue weighted by atomic mass is 33.1. The van der Waals surface area contributed by atoms with E-state index in [1.807, 2.05) is 0 Å². The third-order valence-corrected chi connectivity index (χ3v) is 24.4. The van der Waals surface area contributed by atoms with Crippen LogP contribution in [-0.4, -0.2) is 301 Å². The van der Waals surface area contributed by atoms with Crippen molar-refractivity contribution in [3.05, 3.63) is 54.7 Å². The minimum Gasteiger partial charge on any atom is -0.481 e. The molecule has 7 rings (SSSR count). The molecule has 16 amide bonds. The van der Waals surface area contributed by atoms with Gasteiger partial charge in [0.25, 0.3) is 0 Å². The van der Waals surface area contributed by atoms with Crippen LogP contribution in [0.1, 0.15) is 116 Å². The molecule has 3 aromatic heterocycles. The fraction of sp³-hybridized carbons (Fsp3) is 0.614. The second-order valence-electron chi connectivity index (χ2n) is 29.0. The molecule has 4 aliphatic heterocycles. The fourth-order valence-electron chi connectivity index (χ4n) is 13.0. The number of carbonyl (C=O) groups excluding carboxylic acids is 16. The van der Waals surface area contributed by atoms with Crippen molar-refractivity contribution >= 4 is 150 Å². The van der Waals surface area contributed by atoms with Crippen LogP contribution in [0.25, 0.3) is 0 Å². The van der Waals surface area contributed by atoms with Gasteiger partial charge in [0.2, 0.25) is 94.5 Å². The zero-order valence-corrected chi connectivity index (χ0v) is 68.6. The molecule has 0 spiro atoms. The van der Waals surface area contributed by atoms with Gasteiger partial charge in [0.15, 0.2) is 0 Å². The number of aliphatic hydroxyl groups excluding tert-OH is 1. The molecular formula is C70H103N23O21S4. The highest BCUT2D eigenvalue weighted by Gasteiger charge is 2.44. The number of hydrogen-bond acceptors (Lipinski definition) is 27. The summed E-state index contributed by atoms with van der Waals surface area (Å²) in [5.41, 5.74) is 12.4. The number of nitrogens with one attached hydrogen (secondary N) is 16. The Hall–Kier alpha value is -10.6. The lowest BCUT2D eigenvalue weighted by Crippen LogP contribution is -2.62. The van der Waals surface area contributed by atoms with Gasteiger partial charge >= 0.3 is 11.9 Å². The summed E-state index contributed by atoms with van der Waals surface area (Å²) >= 11 is 0. The lowest BCUT2D eigenvalue weighted by atomic mass is 9.96. The smallest absolute Gasteiger partial charge is 0.303 e. The van der Waals surface area contributed by atoms with Gasteiger partial charge in [-0.1, -0.05) is 77.3 Å². The van der Waals surface area contributed by atoms with Crippen molar-refractivity contribution in [3.8, 4) is 0 Å². The van der Waals surface area contributed by atoms with Crippen molar-refractivity contribution in [3.63, 3.8) is 0 Å². The van der Waals surface area contributed by atoms with Crippen LogP contribution in [0.2, 0.25) is 0 Å². The molecule has 0 unspecified atom stereocenters. The minimum atomic E-state index is -1.88. The number of primary amides is 1. The number of aliphatic carboxylic acids is 2. The van der Waals surface area contributed by atoms with Gasteiger partial charge in [-0.3, -0.25) is 86.3 Å². The van der Waals surface area contributed by atoms with Gasteiger partial charge < -0.3 is 121 Å². The number of aliphatic hydroxyl groups is 1. The molecule has 0 aromatic carbocycles. The number of amides is 16. The quantitative estimate of drug-likeness (QED) is 0.0468. The summed E-state index contributed by atoms with van der Waals surface area (Å²) in [5, 5.41) is 63.8. The van der Waals surface area contributed by atoms with E-state index in [-0.39, 0.29) is 88.2 Å². The number of hydrogen-bond donors (Lipinski definition) is 21. The molecule has 44 nitrogen and oxygen atoms in total. The SMILES string of the molecule is CC[C@H](C)[C@@H]1NC(=O)[C@H](Cc2cnc[nH]2)NC(=O)[C@@H]2CSSC[C@H](NC(=O)CN)C(=O)N[C@@H](CSSC[C@@H](C(N)=O)NC(=O)[C@H](CC(C)C)NC(=O)[C@H](CCC(=O)O)NC(=O)[C@@H]3CCCN3C(=O)[C@H](Cc3cnc[nH]3)NC(=O)[C@H](CCC(=O)O)NC1=O)C(=O)N[C@@H](CO)C(=O)N[C@@H](Cc1cnc[nH]1)C(=O)N1CCC[C@H]1C(=O)N[C@@H](C)C(=O)N2. The maximum atomic E-state index is 15.1. The van der Waals surface area contributed by atoms with Crippen molar-refractivity contribution in [2.75, 3.05) is 49.3 Å². The third-order valence-electron chi connectivity index (χ3n) is 19.6. The first-order chi connectivity index (χ1) is 56.2. The van der Waals surface area contributed by atoms with E-state index in [1.165, 1.54) is 44.5 Å². The van der Waals surface area contributed by atoms with Gasteiger partial charge in [0.05, 0.1) is 32.1 Å². The molecule has 7 heterocycles. The minimum absolute atomic E-state index is 0.0420. The Morgan fingerprint density at radius 3 is 1.37 bits per heavy atom. The molecule has 16 atom stereocenters. The van der Waals surface area contributed by atoms with Crippen LogP contribution < -0.4 is 80.6 Å². The summed E-state index contributed by atoms with van der Waals surface area (Å²) in [4.78, 5) is 280. The number of carboxylic acids is 2. The fourth-order valence-corrected chi connectivity index (χ4v) is 17.6. The van der Waals surface area contributed by atoms with Crippen molar-refractivity contribution in [2.24, 2.45) is 23.3 Å². The molecule has 23 N–H and O–H groups in total. The molecule has 4 fully saturated rings. The molecule has 118 heavy (non-hydrogen) atoms. The summed E-state index contributed by atoms with van der Waals surface area (Å²) in [5.74, 6) is -22.0. The van der Waals surface area contributed by atoms with Crippen LogP contribution in [0.5, 0.6) is 0 Å². The molecule has 48 heteroatoms. The van der Waals surface area contributed by atoms with Gasteiger partial charge in [-0.05, 0) is 63.7 Å². The van der Waals surface area contributed by atoms with Crippen LogP contribution in [0.15, 0.2) is 37.6 Å². The van der Waals surface area contributed by atoms with Crippen LogP contribution >= 0.6 is 43.2 Å². The zero-order chi connectivity index (χ0) is 86.4. The van der Waals surface area contributed by atoms with Gasteiger partial charge in [0.1, 0.15) is 90.6 Å². The van der Waals surface area contributed by atoms with E-state index >= 15 is 14.4 Å². The Kier molecular flexibility index (Phi) is 37.3. The molecule has 3 aromatic rings. The van der Waals surface area contributed by atoms with Crippen molar-refractivity contribution in [2.45, 2.75) is 209 Å². The lowest BCUT2D eigenvalue weighted by Gasteiger charge is -2.31. The van der Waals surface area contributed by atoms with E-state index in [0.29, 0.717) is 5.69 Å². The number of fused-ring (bicyclic) bond motifs is 10. The molecule has 0 aliphatic carbocycles. The first kappa shape index (κ1) is 94.6. The average Bonchev–Trinajstić information content (AvgIpc) is 1.16. The van der Waals surface area contributed by atoms with E-state index < -0.39 is 265 Å². The number of nitrogens with zero attached hydrogens (tertiary/aromatic N) is 5. The van der Waals surface area contributed by atoms with Crippen molar-refractivity contribution < 1.29 is 102 Å². The lowest BCUT2D eigenvalue weighted by molar-refractivity contribution is -0.143. The van der Waals surface area contributed by atoms with Gasteiger partial charge in [-0.25, -0.2) is 15.0 Å². The molecule has 0 saturated carbocycles. The normalized spacial score (nSPS) is 27.4. The Bertz CT molecular complexity index is 4040. The number of nitrogens with two attached hydrogens (primary N) is 2. The predicted octanol–water partition coefficient (Wildman–Crippen LogP) is -6.76. The Balaban J connectivity index is 1.33. The van der Waals surface area contributed by atoms with E-state index in [0.717, 1.165) is 53.0 Å². The topological polar surface area (TPSA) is 669 Å². The van der Waals surface area contributed by atoms with Crippen LogP contribution in [0.4, 0.5) is 0 Å². The highest BCUT2D eigenvalue weighted by Crippen LogP contribution is 2.28. The number of carboxylic acid groups (broad SMARTS) is 2. The van der Waals surface area contributed by atoms with E-state index in [1.54, 1.807) is 27.7 Å². The Labute approximate surface area is 692 Å². The molecule has 4 saturated heterocycles. The molecule has 0 radical (unpaired) electrons. The van der Waals surface area contributed by atoms with Gasteiger partial charge in [-0.2, -0.15) is 0 Å². The van der Waals surface area contributed by atoms with Crippen LogP contribution in [0, 0.1) is 11.8 Å². The summed E-state index contributed by atoms with van der Waals surface area (Å²) in [7, 11) is 3.27. The first-order valence-corrected chi connectivity index (χ1v) is 43.2. The second-order valence-corrected chi connectivity index (χ2v) is 34.1. The molecule has 4 aliphatic rings. The van der Waals surface area contributed by atoms with Crippen molar-refractivity contribution in [1.29, 1.82) is 0 Å². The number of imidazole rings is 3. The summed E-state index contributed by atoms with van der Waals surface area (Å²) in [6.07, 6.45) is 4.58. The summed E-state index contributed by atoms with van der Waals surface area (Å²) in [6.45, 7) is 5.89. The highest BCUT2D eigenvalue weighted by molar-refractivity contribution is 8.77. The van der Waals surface area contributed by atoms with E-state index in [9.17, 15) is 87.2 Å². The van der Waals surface area contributed by atoms with Gasteiger partial charge in [-0.15, -0.1) is 0 Å². The van der Waals surface area contributed by atoms with Crippen LogP contribution in [-0.2, 0) is 106 Å². The zero-order valence-electron chi connectivity index (χ0n) is 65.3. The van der Waals surface area contributed by atoms with E-state index in [4.69, 9.17) is 11.5 Å². The number of aromatic amines is 3. The second kappa shape index (κ2) is 46.5. The van der Waals surface area contributed by atoms with Crippen molar-refractivity contribution in [1.82, 2.24) is 109 Å². The summed E-state index contributed by atoms with van der Waals surface area (Å²) < 4.78 is 0. The molecule has 2 bridgehead atoms. The largest absolute Gasteiger partial charge is 0.481 e. The number of carbonyl (C=O) groups is 18. The number of rotatable bonds is 20.